The Morgan fingerprint density at radius 1 is 1.00 bits per heavy atom. The minimum atomic E-state index is -4.55. The molecule has 4 nitrogen and oxygen atoms in total. The lowest BCUT2D eigenvalue weighted by Crippen LogP contribution is -2.16. The molecular weight excluding hydrogens is 355 g/mol. The number of nitrogens with zero attached hydrogens (tertiary/aromatic N) is 1. The molecule has 0 unspecified atom stereocenters. The number of pyridine rings is 1. The molecule has 138 valence electrons. The van der Waals surface area contributed by atoms with Crippen LogP contribution in [0.25, 0.3) is 0 Å². The van der Waals surface area contributed by atoms with Crippen LogP contribution in [0.2, 0.25) is 0 Å². The Balaban J connectivity index is 1.73. The number of benzene rings is 2. The lowest BCUT2D eigenvalue weighted by atomic mass is 10.1. The molecule has 0 saturated heterocycles. The lowest BCUT2D eigenvalue weighted by Gasteiger charge is -2.13. The molecule has 0 aliphatic carbocycles. The van der Waals surface area contributed by atoms with Crippen molar-refractivity contribution in [2.45, 2.75) is 13.1 Å². The minimum absolute atomic E-state index is 0.154. The molecule has 1 heterocycles. The van der Waals surface area contributed by atoms with Crippen LogP contribution in [0.5, 0.6) is 0 Å². The third-order valence-electron chi connectivity index (χ3n) is 3.80. The number of halogens is 3. The zero-order valence-corrected chi connectivity index (χ0v) is 14.3. The standard InChI is InChI=1S/C20H16F3N3O/c1-13-5-4-6-15(11-13)25-18-10-9-14(12-24-18)19(27)26-17-8-3-2-7-16(17)20(21,22)23/h2-12H,1H3,(H,24,25)(H,26,27). The van der Waals surface area contributed by atoms with E-state index < -0.39 is 17.6 Å². The first-order valence-electron chi connectivity index (χ1n) is 8.10. The fraction of sp³-hybridized carbons (Fsp3) is 0.100. The van der Waals surface area contributed by atoms with Gasteiger partial charge < -0.3 is 10.6 Å². The fourth-order valence-electron chi connectivity index (χ4n) is 2.51. The third kappa shape index (κ3) is 4.63. The first-order chi connectivity index (χ1) is 12.8. The zero-order valence-electron chi connectivity index (χ0n) is 14.3. The summed E-state index contributed by atoms with van der Waals surface area (Å²) in [7, 11) is 0. The van der Waals surface area contributed by atoms with Gasteiger partial charge in [-0.05, 0) is 48.9 Å². The molecule has 0 radical (unpaired) electrons. The molecule has 0 spiro atoms. The molecule has 1 amide bonds. The Bertz CT molecular complexity index is 953. The van der Waals surface area contributed by atoms with E-state index in [9.17, 15) is 18.0 Å². The number of aromatic nitrogens is 1. The fourth-order valence-corrected chi connectivity index (χ4v) is 2.51. The molecule has 2 N–H and O–H groups in total. The van der Waals surface area contributed by atoms with Crippen LogP contribution in [0.15, 0.2) is 66.9 Å². The van der Waals surface area contributed by atoms with Crippen LogP contribution < -0.4 is 10.6 Å². The summed E-state index contributed by atoms with van der Waals surface area (Å²) in [6.07, 6.45) is -3.24. The number of hydrogen-bond acceptors (Lipinski definition) is 3. The molecule has 0 aliphatic heterocycles. The van der Waals surface area contributed by atoms with Crippen molar-refractivity contribution in [3.63, 3.8) is 0 Å². The molecule has 7 heteroatoms. The average molecular weight is 371 g/mol. The summed E-state index contributed by atoms with van der Waals surface area (Å²) in [6.45, 7) is 1.96. The highest BCUT2D eigenvalue weighted by Gasteiger charge is 2.33. The first-order valence-corrected chi connectivity index (χ1v) is 8.10. The molecule has 0 saturated carbocycles. The van der Waals surface area contributed by atoms with Crippen molar-refractivity contribution in [2.75, 3.05) is 10.6 Å². The molecule has 3 rings (SSSR count). The van der Waals surface area contributed by atoms with Crippen molar-refractivity contribution in [3.8, 4) is 0 Å². The number of anilines is 3. The van der Waals surface area contributed by atoms with Gasteiger partial charge in [0.05, 0.1) is 16.8 Å². The van der Waals surface area contributed by atoms with E-state index in [4.69, 9.17) is 0 Å². The molecular formula is C20H16F3N3O. The van der Waals surface area contributed by atoms with Gasteiger partial charge in [0.25, 0.3) is 5.91 Å². The number of rotatable bonds is 4. The molecule has 3 aromatic rings. The normalized spacial score (nSPS) is 11.1. The van der Waals surface area contributed by atoms with Gasteiger partial charge in [-0.3, -0.25) is 4.79 Å². The van der Waals surface area contributed by atoms with Gasteiger partial charge in [-0.1, -0.05) is 24.3 Å². The smallest absolute Gasteiger partial charge is 0.340 e. The maximum Gasteiger partial charge on any atom is 0.418 e. The van der Waals surface area contributed by atoms with Gasteiger partial charge in [0.2, 0.25) is 0 Å². The number of nitrogens with one attached hydrogen (secondary N) is 2. The SMILES string of the molecule is Cc1cccc(Nc2ccc(C(=O)Nc3ccccc3C(F)(F)F)cn2)c1. The summed E-state index contributed by atoms with van der Waals surface area (Å²) >= 11 is 0. The predicted octanol–water partition coefficient (Wildman–Crippen LogP) is 5.40. The van der Waals surface area contributed by atoms with Crippen LogP contribution in [0, 0.1) is 6.92 Å². The van der Waals surface area contributed by atoms with Gasteiger partial charge >= 0.3 is 6.18 Å². The number of amides is 1. The van der Waals surface area contributed by atoms with Gasteiger partial charge in [0.15, 0.2) is 0 Å². The zero-order chi connectivity index (χ0) is 19.4. The molecule has 27 heavy (non-hydrogen) atoms. The molecule has 0 atom stereocenters. The van der Waals surface area contributed by atoms with Gasteiger partial charge in [0.1, 0.15) is 5.82 Å². The van der Waals surface area contributed by atoms with E-state index in [0.29, 0.717) is 5.82 Å². The van der Waals surface area contributed by atoms with Crippen molar-refractivity contribution in [1.82, 2.24) is 4.98 Å². The molecule has 0 bridgehead atoms. The van der Waals surface area contributed by atoms with Gasteiger partial charge in [0, 0.05) is 11.9 Å². The summed E-state index contributed by atoms with van der Waals surface area (Å²) < 4.78 is 39.1. The maximum absolute atomic E-state index is 13.0. The van der Waals surface area contributed by atoms with Gasteiger partial charge in [-0.15, -0.1) is 0 Å². The Kier molecular flexibility index (Phi) is 5.12. The van der Waals surface area contributed by atoms with Crippen LogP contribution in [-0.2, 0) is 6.18 Å². The second kappa shape index (κ2) is 7.49. The topological polar surface area (TPSA) is 54.0 Å². The van der Waals surface area contributed by atoms with Crippen LogP contribution >= 0.6 is 0 Å². The van der Waals surface area contributed by atoms with Crippen molar-refractivity contribution in [1.29, 1.82) is 0 Å². The quantitative estimate of drug-likeness (QED) is 0.645. The van der Waals surface area contributed by atoms with Crippen LogP contribution in [0.1, 0.15) is 21.5 Å². The van der Waals surface area contributed by atoms with Crippen LogP contribution in [0.4, 0.5) is 30.4 Å². The van der Waals surface area contributed by atoms with E-state index in [-0.39, 0.29) is 11.3 Å². The molecule has 0 fully saturated rings. The van der Waals surface area contributed by atoms with E-state index in [0.717, 1.165) is 17.3 Å². The van der Waals surface area contributed by atoms with Crippen molar-refractivity contribution in [3.05, 3.63) is 83.6 Å². The third-order valence-corrected chi connectivity index (χ3v) is 3.80. The Morgan fingerprint density at radius 3 is 2.44 bits per heavy atom. The molecule has 0 aliphatic rings. The Hall–Kier alpha value is -3.35. The van der Waals surface area contributed by atoms with Crippen molar-refractivity contribution >= 4 is 23.1 Å². The maximum atomic E-state index is 13.0. The highest BCUT2D eigenvalue weighted by Crippen LogP contribution is 2.34. The van der Waals surface area contributed by atoms with E-state index in [1.54, 1.807) is 6.07 Å². The summed E-state index contributed by atoms with van der Waals surface area (Å²) in [4.78, 5) is 16.4. The number of alkyl halides is 3. The number of para-hydroxylation sites is 1. The Labute approximate surface area is 154 Å². The lowest BCUT2D eigenvalue weighted by molar-refractivity contribution is -0.136. The second-order valence-corrected chi connectivity index (χ2v) is 5.92. The summed E-state index contributed by atoms with van der Waals surface area (Å²) in [6, 6.07) is 15.6. The monoisotopic (exact) mass is 371 g/mol. The largest absolute Gasteiger partial charge is 0.418 e. The van der Waals surface area contributed by atoms with Gasteiger partial charge in [-0.2, -0.15) is 13.2 Å². The average Bonchev–Trinajstić information content (AvgIpc) is 2.62. The van der Waals surface area contributed by atoms with Crippen molar-refractivity contribution < 1.29 is 18.0 Å². The van der Waals surface area contributed by atoms with E-state index in [2.05, 4.69) is 15.6 Å². The van der Waals surface area contributed by atoms with E-state index in [1.165, 1.54) is 30.5 Å². The van der Waals surface area contributed by atoms with E-state index in [1.807, 2.05) is 31.2 Å². The number of carbonyl (C=O) groups excluding carboxylic acids is 1. The number of aryl methyl sites for hydroxylation is 1. The molecule has 1 aromatic heterocycles. The summed E-state index contributed by atoms with van der Waals surface area (Å²) in [5.74, 6) is -0.144. The van der Waals surface area contributed by atoms with Crippen LogP contribution in [0.3, 0.4) is 0 Å². The Morgan fingerprint density at radius 2 is 1.78 bits per heavy atom. The predicted molar refractivity (Wildman–Crippen MR) is 98.1 cm³/mol. The van der Waals surface area contributed by atoms with Gasteiger partial charge in [-0.25, -0.2) is 4.98 Å². The highest BCUT2D eigenvalue weighted by atomic mass is 19.4. The second-order valence-electron chi connectivity index (χ2n) is 5.92. The summed E-state index contributed by atoms with van der Waals surface area (Å²) in [5, 5.41) is 5.39. The minimum Gasteiger partial charge on any atom is -0.340 e. The van der Waals surface area contributed by atoms with Crippen LogP contribution in [-0.4, -0.2) is 10.9 Å². The number of hydrogen-bond donors (Lipinski definition) is 2. The first kappa shape index (κ1) is 18.4. The van der Waals surface area contributed by atoms with E-state index >= 15 is 0 Å². The summed E-state index contributed by atoms with van der Waals surface area (Å²) in [5.41, 5.74) is 0.890. The highest BCUT2D eigenvalue weighted by molar-refractivity contribution is 6.04. The molecule has 2 aromatic carbocycles. The van der Waals surface area contributed by atoms with Crippen molar-refractivity contribution in [2.24, 2.45) is 0 Å². The number of carbonyl (C=O) groups is 1.